The van der Waals surface area contributed by atoms with Crippen molar-refractivity contribution < 1.29 is 19.4 Å². The maximum Gasteiger partial charge on any atom is 0.326 e. The Morgan fingerprint density at radius 1 is 1.35 bits per heavy atom. The van der Waals surface area contributed by atoms with Gasteiger partial charge in [-0.1, -0.05) is 13.8 Å². The van der Waals surface area contributed by atoms with Gasteiger partial charge in [0.1, 0.15) is 6.04 Å². The summed E-state index contributed by atoms with van der Waals surface area (Å²) in [6, 6.07) is -1.32. The summed E-state index contributed by atoms with van der Waals surface area (Å²) < 4.78 is 5.11. The summed E-state index contributed by atoms with van der Waals surface area (Å²) >= 11 is 0. The van der Waals surface area contributed by atoms with Gasteiger partial charge in [0.2, 0.25) is 0 Å². The minimum Gasteiger partial charge on any atom is -0.480 e. The van der Waals surface area contributed by atoms with Crippen LogP contribution in [-0.2, 0) is 9.53 Å². The first-order valence-electron chi connectivity index (χ1n) is 5.84. The van der Waals surface area contributed by atoms with Crippen LogP contribution in [0.25, 0.3) is 0 Å². The molecule has 0 heterocycles. The first-order valence-corrected chi connectivity index (χ1v) is 5.84. The van der Waals surface area contributed by atoms with Gasteiger partial charge in [-0.25, -0.2) is 9.59 Å². The minimum atomic E-state index is -1.02. The molecule has 3 N–H and O–H groups in total. The quantitative estimate of drug-likeness (QED) is 0.553. The fraction of sp³-hybridized carbons (Fsp3) is 0.818. The molecule has 0 saturated heterocycles. The number of carbonyl (C=O) groups excluding carboxylic acids is 1. The van der Waals surface area contributed by atoms with Crippen molar-refractivity contribution in [3.05, 3.63) is 0 Å². The molecule has 0 rings (SSSR count). The molecule has 0 aliphatic heterocycles. The van der Waals surface area contributed by atoms with Gasteiger partial charge in [0.25, 0.3) is 0 Å². The molecule has 100 valence electrons. The molecule has 0 aromatic carbocycles. The molecule has 1 unspecified atom stereocenters. The highest BCUT2D eigenvalue weighted by atomic mass is 16.5. The Labute approximate surface area is 102 Å². The number of rotatable bonds is 8. The summed E-state index contributed by atoms with van der Waals surface area (Å²) in [5, 5.41) is 13.9. The largest absolute Gasteiger partial charge is 0.480 e. The minimum absolute atomic E-state index is 0.151. The number of hydrogen-bond acceptors (Lipinski definition) is 3. The van der Waals surface area contributed by atoms with Crippen LogP contribution in [0.2, 0.25) is 0 Å². The average Bonchev–Trinajstić information content (AvgIpc) is 2.24. The topological polar surface area (TPSA) is 87.7 Å². The highest BCUT2D eigenvalue weighted by molar-refractivity contribution is 5.82. The first-order chi connectivity index (χ1) is 7.99. The third-order valence-corrected chi connectivity index (χ3v) is 2.17. The van der Waals surface area contributed by atoms with Crippen molar-refractivity contribution in [2.24, 2.45) is 5.92 Å². The number of aliphatic carboxylic acids is 1. The molecule has 0 aromatic rings. The number of carboxylic acids is 1. The van der Waals surface area contributed by atoms with Gasteiger partial charge in [0, 0.05) is 19.8 Å². The van der Waals surface area contributed by atoms with Gasteiger partial charge < -0.3 is 20.5 Å². The van der Waals surface area contributed by atoms with Crippen LogP contribution in [0, 0.1) is 5.92 Å². The third-order valence-electron chi connectivity index (χ3n) is 2.17. The van der Waals surface area contributed by atoms with Gasteiger partial charge in [0.05, 0.1) is 0 Å². The first kappa shape index (κ1) is 15.7. The maximum absolute atomic E-state index is 11.4. The van der Waals surface area contributed by atoms with Crippen molar-refractivity contribution in [3.8, 4) is 0 Å². The standard InChI is InChI=1S/C11H22N2O4/c1-4-17-7-5-6-12-11(16)13-9(8(2)3)10(14)15/h8-9H,4-7H2,1-3H3,(H,14,15)(H2,12,13,16). The average molecular weight is 246 g/mol. The van der Waals surface area contributed by atoms with E-state index in [-0.39, 0.29) is 5.92 Å². The predicted octanol–water partition coefficient (Wildman–Crippen LogP) is 0.821. The number of nitrogens with one attached hydrogen (secondary N) is 2. The van der Waals surface area contributed by atoms with E-state index < -0.39 is 18.0 Å². The van der Waals surface area contributed by atoms with Crippen LogP contribution in [0.1, 0.15) is 27.2 Å². The van der Waals surface area contributed by atoms with E-state index in [1.54, 1.807) is 13.8 Å². The van der Waals surface area contributed by atoms with Crippen molar-refractivity contribution in [1.29, 1.82) is 0 Å². The molecule has 1 atom stereocenters. The Morgan fingerprint density at radius 2 is 2.00 bits per heavy atom. The fourth-order valence-corrected chi connectivity index (χ4v) is 1.23. The summed E-state index contributed by atoms with van der Waals surface area (Å²) in [5.41, 5.74) is 0. The highest BCUT2D eigenvalue weighted by Gasteiger charge is 2.22. The van der Waals surface area contributed by atoms with Gasteiger partial charge in [-0.05, 0) is 19.3 Å². The molecular weight excluding hydrogens is 224 g/mol. The number of carbonyl (C=O) groups is 2. The molecule has 0 aliphatic carbocycles. The van der Waals surface area contributed by atoms with E-state index in [0.29, 0.717) is 26.2 Å². The molecule has 0 saturated carbocycles. The maximum atomic E-state index is 11.4. The molecule has 0 spiro atoms. The Balaban J connectivity index is 3.80. The molecule has 0 bridgehead atoms. The zero-order valence-electron chi connectivity index (χ0n) is 10.7. The summed E-state index contributed by atoms with van der Waals surface area (Å²) in [7, 11) is 0. The van der Waals surface area contributed by atoms with Crippen molar-refractivity contribution in [2.75, 3.05) is 19.8 Å². The van der Waals surface area contributed by atoms with E-state index in [2.05, 4.69) is 10.6 Å². The lowest BCUT2D eigenvalue weighted by Crippen LogP contribution is -2.48. The zero-order valence-corrected chi connectivity index (χ0v) is 10.7. The predicted molar refractivity (Wildman–Crippen MR) is 63.9 cm³/mol. The van der Waals surface area contributed by atoms with Crippen LogP contribution in [0.3, 0.4) is 0 Å². The Hall–Kier alpha value is -1.30. The summed E-state index contributed by atoms with van der Waals surface area (Å²) in [6.45, 7) is 7.10. The van der Waals surface area contributed by atoms with E-state index in [0.717, 1.165) is 0 Å². The van der Waals surface area contributed by atoms with Gasteiger partial charge in [-0.15, -0.1) is 0 Å². The van der Waals surface area contributed by atoms with Crippen LogP contribution in [0.5, 0.6) is 0 Å². The molecule has 2 amide bonds. The van der Waals surface area contributed by atoms with Crippen molar-refractivity contribution in [3.63, 3.8) is 0 Å². The third kappa shape index (κ3) is 7.57. The number of ether oxygens (including phenoxy) is 1. The molecule has 6 heteroatoms. The van der Waals surface area contributed by atoms with E-state index in [4.69, 9.17) is 9.84 Å². The molecule has 6 nitrogen and oxygen atoms in total. The Morgan fingerprint density at radius 3 is 2.47 bits per heavy atom. The monoisotopic (exact) mass is 246 g/mol. The highest BCUT2D eigenvalue weighted by Crippen LogP contribution is 2.01. The Kier molecular flexibility index (Phi) is 8.13. The number of urea groups is 1. The summed E-state index contributed by atoms with van der Waals surface area (Å²) in [4.78, 5) is 22.2. The second-order valence-corrected chi connectivity index (χ2v) is 4.01. The van der Waals surface area contributed by atoms with Crippen molar-refractivity contribution >= 4 is 12.0 Å². The van der Waals surface area contributed by atoms with E-state index in [9.17, 15) is 9.59 Å². The van der Waals surface area contributed by atoms with Gasteiger partial charge in [0.15, 0.2) is 0 Å². The molecule has 0 fully saturated rings. The fourth-order valence-electron chi connectivity index (χ4n) is 1.23. The number of amides is 2. The second-order valence-electron chi connectivity index (χ2n) is 4.01. The van der Waals surface area contributed by atoms with Gasteiger partial charge >= 0.3 is 12.0 Å². The molecule has 17 heavy (non-hydrogen) atoms. The molecule has 0 aromatic heterocycles. The lowest BCUT2D eigenvalue weighted by Gasteiger charge is -2.18. The normalized spacial score (nSPS) is 12.2. The lowest BCUT2D eigenvalue weighted by atomic mass is 10.1. The van der Waals surface area contributed by atoms with E-state index in [1.165, 1.54) is 0 Å². The SMILES string of the molecule is CCOCCCNC(=O)NC(C(=O)O)C(C)C. The molecular formula is C11H22N2O4. The lowest BCUT2D eigenvalue weighted by molar-refractivity contribution is -0.140. The molecule has 0 aliphatic rings. The van der Waals surface area contributed by atoms with Crippen LogP contribution < -0.4 is 10.6 Å². The zero-order chi connectivity index (χ0) is 13.3. The summed E-state index contributed by atoms with van der Waals surface area (Å²) in [6.07, 6.45) is 0.709. The van der Waals surface area contributed by atoms with Crippen molar-refractivity contribution in [2.45, 2.75) is 33.2 Å². The van der Waals surface area contributed by atoms with Crippen LogP contribution in [-0.4, -0.2) is 42.9 Å². The van der Waals surface area contributed by atoms with E-state index >= 15 is 0 Å². The van der Waals surface area contributed by atoms with Crippen LogP contribution in [0.15, 0.2) is 0 Å². The molecule has 0 radical (unpaired) electrons. The van der Waals surface area contributed by atoms with Gasteiger partial charge in [-0.2, -0.15) is 0 Å². The van der Waals surface area contributed by atoms with Crippen LogP contribution >= 0.6 is 0 Å². The Bertz CT molecular complexity index is 244. The smallest absolute Gasteiger partial charge is 0.326 e. The number of carboxylic acid groups (broad SMARTS) is 1. The second kappa shape index (κ2) is 8.81. The number of hydrogen-bond donors (Lipinski definition) is 3. The summed E-state index contributed by atoms with van der Waals surface area (Å²) in [5.74, 6) is -1.17. The van der Waals surface area contributed by atoms with Crippen molar-refractivity contribution in [1.82, 2.24) is 10.6 Å². The van der Waals surface area contributed by atoms with E-state index in [1.807, 2.05) is 6.92 Å². The van der Waals surface area contributed by atoms with Gasteiger partial charge in [-0.3, -0.25) is 0 Å². The van der Waals surface area contributed by atoms with Crippen LogP contribution in [0.4, 0.5) is 4.79 Å².